The van der Waals surface area contributed by atoms with Crippen molar-refractivity contribution in [1.29, 1.82) is 0 Å². The number of benzene rings is 1. The number of carbonyl (C=O) groups excluding carboxylic acids is 2. The Morgan fingerprint density at radius 2 is 1.81 bits per heavy atom. The predicted molar refractivity (Wildman–Crippen MR) is 114 cm³/mol. The third kappa shape index (κ3) is 6.13. The Labute approximate surface area is 170 Å². The minimum atomic E-state index is -1.11. The highest BCUT2D eigenvalue weighted by atomic mass is 35.5. The van der Waals surface area contributed by atoms with Crippen molar-refractivity contribution in [3.8, 4) is 0 Å². The molecule has 0 bridgehead atoms. The van der Waals surface area contributed by atoms with Crippen LogP contribution in [0.2, 0.25) is 0 Å². The van der Waals surface area contributed by atoms with Crippen LogP contribution in [0.5, 0.6) is 0 Å². The highest BCUT2D eigenvalue weighted by molar-refractivity contribution is 8.08. The molecule has 1 aliphatic heterocycles. The number of thioether (sulfide) groups is 1. The quantitative estimate of drug-likeness (QED) is 0.708. The molecule has 0 aliphatic carbocycles. The zero-order chi connectivity index (χ0) is 20.2. The molecule has 0 aromatic heterocycles. The van der Waals surface area contributed by atoms with E-state index in [0.717, 1.165) is 43.4 Å². The predicted octanol–water partition coefficient (Wildman–Crippen LogP) is 3.51. The van der Waals surface area contributed by atoms with Crippen molar-refractivity contribution in [2.45, 2.75) is 32.2 Å². The summed E-state index contributed by atoms with van der Waals surface area (Å²) in [4.78, 5) is 27.4. The number of hydrogen-bond acceptors (Lipinski definition) is 4. The third-order valence-corrected chi connectivity index (χ3v) is 5.36. The summed E-state index contributed by atoms with van der Waals surface area (Å²) < 4.78 is 0.244. The summed E-state index contributed by atoms with van der Waals surface area (Å²) in [5.41, 5.74) is 2.19. The highest BCUT2D eigenvalue weighted by Gasteiger charge is 2.30. The number of amides is 2. The van der Waals surface area contributed by atoms with Gasteiger partial charge >= 0.3 is 0 Å². The molecule has 27 heavy (non-hydrogen) atoms. The normalized spacial score (nSPS) is 14.7. The van der Waals surface area contributed by atoms with Gasteiger partial charge in [-0.1, -0.05) is 42.6 Å². The minimum absolute atomic E-state index is 0.185. The third-order valence-electron chi connectivity index (χ3n) is 4.47. The number of halogens is 1. The second-order valence-corrected chi connectivity index (χ2v) is 9.07. The molecule has 0 fully saturated rings. The largest absolute Gasteiger partial charge is 0.338 e. The first kappa shape index (κ1) is 21.5. The van der Waals surface area contributed by atoms with Gasteiger partial charge in [-0.25, -0.2) is 0 Å². The first-order valence-corrected chi connectivity index (χ1v) is 9.93. The number of rotatable bonds is 6. The van der Waals surface area contributed by atoms with E-state index in [-0.39, 0.29) is 15.2 Å². The standard InChI is InChI=1S/C20H26ClN3O2S/c1-13(27-14(2)21)18(25)23-20(3,4)19(26)22-17-7-6-15-8-10-24(5)11-9-16(15)12-17/h6-7,12H,1-2,8-11H2,3-5H3,(H,22,26)(H,23,25). The van der Waals surface area contributed by atoms with Gasteiger partial charge in [0.05, 0.1) is 9.27 Å². The van der Waals surface area contributed by atoms with Crippen LogP contribution < -0.4 is 10.6 Å². The lowest BCUT2D eigenvalue weighted by atomic mass is 10.0. The summed E-state index contributed by atoms with van der Waals surface area (Å²) in [5, 5.41) is 5.58. The molecular weight excluding hydrogens is 382 g/mol. The van der Waals surface area contributed by atoms with E-state index < -0.39 is 11.4 Å². The fourth-order valence-electron chi connectivity index (χ4n) is 2.79. The summed E-state index contributed by atoms with van der Waals surface area (Å²) >= 11 is 6.65. The van der Waals surface area contributed by atoms with Crippen molar-refractivity contribution in [3.63, 3.8) is 0 Å². The van der Waals surface area contributed by atoms with Crippen LogP contribution in [-0.4, -0.2) is 42.4 Å². The van der Waals surface area contributed by atoms with Crippen LogP contribution in [0.1, 0.15) is 25.0 Å². The van der Waals surface area contributed by atoms with E-state index in [0.29, 0.717) is 0 Å². The van der Waals surface area contributed by atoms with Crippen molar-refractivity contribution in [3.05, 3.63) is 51.8 Å². The topological polar surface area (TPSA) is 61.4 Å². The maximum Gasteiger partial charge on any atom is 0.258 e. The lowest BCUT2D eigenvalue weighted by Gasteiger charge is -2.25. The smallest absolute Gasteiger partial charge is 0.258 e. The van der Waals surface area contributed by atoms with Crippen molar-refractivity contribution < 1.29 is 9.59 Å². The minimum Gasteiger partial charge on any atom is -0.338 e. The zero-order valence-corrected chi connectivity index (χ0v) is 17.6. The summed E-state index contributed by atoms with van der Waals surface area (Å²) in [5.74, 6) is -0.754. The van der Waals surface area contributed by atoms with E-state index >= 15 is 0 Å². The van der Waals surface area contributed by atoms with Crippen molar-refractivity contribution in [1.82, 2.24) is 10.2 Å². The summed E-state index contributed by atoms with van der Waals surface area (Å²) in [7, 11) is 2.12. The van der Waals surface area contributed by atoms with E-state index in [1.807, 2.05) is 12.1 Å². The SMILES string of the molecule is C=C(Cl)SC(=C)C(=O)NC(C)(C)C(=O)Nc1ccc2c(c1)CCN(C)CC2. The molecule has 0 saturated carbocycles. The molecule has 1 heterocycles. The number of carbonyl (C=O) groups is 2. The maximum atomic E-state index is 12.7. The second-order valence-electron chi connectivity index (χ2n) is 7.20. The van der Waals surface area contributed by atoms with Crippen LogP contribution in [0.4, 0.5) is 5.69 Å². The van der Waals surface area contributed by atoms with Crippen molar-refractivity contribution in [2.24, 2.45) is 0 Å². The second kappa shape index (κ2) is 8.95. The van der Waals surface area contributed by atoms with Gasteiger partial charge in [0.1, 0.15) is 5.54 Å². The Morgan fingerprint density at radius 3 is 2.44 bits per heavy atom. The molecular formula is C20H26ClN3O2S. The molecule has 2 rings (SSSR count). The molecule has 2 N–H and O–H groups in total. The van der Waals surface area contributed by atoms with Gasteiger partial charge in [-0.2, -0.15) is 0 Å². The number of likely N-dealkylation sites (N-methyl/N-ethyl adjacent to an activating group) is 1. The molecule has 0 unspecified atom stereocenters. The molecule has 1 aliphatic rings. The Morgan fingerprint density at radius 1 is 1.19 bits per heavy atom. The lowest BCUT2D eigenvalue weighted by molar-refractivity contribution is -0.127. The van der Waals surface area contributed by atoms with Gasteiger partial charge < -0.3 is 15.5 Å². The molecule has 0 radical (unpaired) electrons. The van der Waals surface area contributed by atoms with Gasteiger partial charge in [-0.05, 0) is 57.0 Å². The van der Waals surface area contributed by atoms with Crippen LogP contribution in [0.3, 0.4) is 0 Å². The number of fused-ring (bicyclic) bond motifs is 1. The van der Waals surface area contributed by atoms with Crippen LogP contribution in [0.25, 0.3) is 0 Å². The molecule has 2 amide bonds. The van der Waals surface area contributed by atoms with E-state index in [1.54, 1.807) is 13.8 Å². The first-order valence-electron chi connectivity index (χ1n) is 8.74. The van der Waals surface area contributed by atoms with E-state index in [4.69, 9.17) is 11.6 Å². The van der Waals surface area contributed by atoms with Crippen LogP contribution in [0.15, 0.2) is 40.6 Å². The molecule has 5 nitrogen and oxygen atoms in total. The average Bonchev–Trinajstić information content (AvgIpc) is 2.75. The summed E-state index contributed by atoms with van der Waals surface area (Å²) in [6, 6.07) is 6.00. The number of anilines is 1. The van der Waals surface area contributed by atoms with E-state index in [1.165, 1.54) is 11.1 Å². The van der Waals surface area contributed by atoms with Crippen molar-refractivity contribution >= 4 is 40.9 Å². The molecule has 0 atom stereocenters. The Balaban J connectivity index is 2.04. The monoisotopic (exact) mass is 407 g/mol. The Bertz CT molecular complexity index is 776. The van der Waals surface area contributed by atoms with E-state index in [9.17, 15) is 9.59 Å². The van der Waals surface area contributed by atoms with E-state index in [2.05, 4.69) is 41.8 Å². The van der Waals surface area contributed by atoms with Gasteiger partial charge in [-0.15, -0.1) is 0 Å². The average molecular weight is 408 g/mol. The fourth-order valence-corrected chi connectivity index (χ4v) is 3.48. The molecule has 0 saturated heterocycles. The van der Waals surface area contributed by atoms with Crippen LogP contribution >= 0.6 is 23.4 Å². The highest BCUT2D eigenvalue weighted by Crippen LogP contribution is 2.26. The van der Waals surface area contributed by atoms with Gasteiger partial charge in [0, 0.05) is 18.8 Å². The summed E-state index contributed by atoms with van der Waals surface area (Å²) in [6.07, 6.45) is 1.96. The lowest BCUT2D eigenvalue weighted by Crippen LogP contribution is -2.52. The fraction of sp³-hybridized carbons (Fsp3) is 0.400. The summed E-state index contributed by atoms with van der Waals surface area (Å²) in [6.45, 7) is 12.5. The number of hydrogen-bond donors (Lipinski definition) is 2. The maximum absolute atomic E-state index is 12.7. The molecule has 1 aromatic rings. The Kier molecular flexibility index (Phi) is 7.14. The van der Waals surface area contributed by atoms with Gasteiger partial charge in [0.15, 0.2) is 0 Å². The number of nitrogens with zero attached hydrogens (tertiary/aromatic N) is 1. The van der Waals surface area contributed by atoms with Crippen LogP contribution in [0, 0.1) is 0 Å². The number of nitrogens with one attached hydrogen (secondary N) is 2. The molecule has 146 valence electrons. The molecule has 1 aromatic carbocycles. The van der Waals surface area contributed by atoms with Gasteiger partial charge in [0.2, 0.25) is 5.91 Å². The Hall–Kier alpha value is -1.76. The van der Waals surface area contributed by atoms with Crippen LogP contribution in [-0.2, 0) is 22.4 Å². The first-order chi connectivity index (χ1) is 12.6. The van der Waals surface area contributed by atoms with Gasteiger partial charge in [-0.3, -0.25) is 9.59 Å². The molecule has 0 spiro atoms. The van der Waals surface area contributed by atoms with Gasteiger partial charge in [0.25, 0.3) is 5.91 Å². The molecule has 7 heteroatoms. The van der Waals surface area contributed by atoms with Crippen molar-refractivity contribution in [2.75, 3.05) is 25.5 Å². The zero-order valence-electron chi connectivity index (χ0n) is 16.0.